The van der Waals surface area contributed by atoms with Crippen LogP contribution >= 0.6 is 0 Å². The van der Waals surface area contributed by atoms with Crippen LogP contribution in [0.15, 0.2) is 48.5 Å². The Labute approximate surface area is 125 Å². The van der Waals surface area contributed by atoms with Gasteiger partial charge in [0.25, 0.3) is 0 Å². The first-order valence-electron chi connectivity index (χ1n) is 7.23. The highest BCUT2D eigenvalue weighted by atomic mass is 16.5. The molecule has 0 saturated carbocycles. The number of carboxylic acid groups (broad SMARTS) is 1. The number of carboxylic acids is 1. The molecule has 2 rings (SSSR count). The fourth-order valence-electron chi connectivity index (χ4n) is 2.04. The van der Waals surface area contributed by atoms with Crippen LogP contribution in [-0.4, -0.2) is 17.7 Å². The van der Waals surface area contributed by atoms with Gasteiger partial charge in [-0.1, -0.05) is 37.6 Å². The number of hydrogen-bond acceptors (Lipinski definition) is 2. The van der Waals surface area contributed by atoms with E-state index in [0.29, 0.717) is 5.56 Å². The molecule has 0 atom stereocenters. The van der Waals surface area contributed by atoms with Crippen LogP contribution in [0.4, 0.5) is 0 Å². The van der Waals surface area contributed by atoms with Gasteiger partial charge < -0.3 is 9.84 Å². The van der Waals surface area contributed by atoms with Crippen molar-refractivity contribution in [3.05, 3.63) is 65.2 Å². The molecule has 0 aliphatic carbocycles. The lowest BCUT2D eigenvalue weighted by atomic mass is 10.0. The highest BCUT2D eigenvalue weighted by Crippen LogP contribution is 2.16. The van der Waals surface area contributed by atoms with Crippen LogP contribution in [0.3, 0.4) is 0 Å². The summed E-state index contributed by atoms with van der Waals surface area (Å²) in [5.41, 5.74) is 2.60. The second-order valence-electron chi connectivity index (χ2n) is 5.02. The zero-order valence-corrected chi connectivity index (χ0v) is 12.2. The summed E-state index contributed by atoms with van der Waals surface area (Å²) in [6.07, 6.45) is 2.98. The Morgan fingerprint density at radius 2 is 1.57 bits per heavy atom. The number of benzene rings is 2. The average Bonchev–Trinajstić information content (AvgIpc) is 2.50. The molecule has 110 valence electrons. The summed E-state index contributed by atoms with van der Waals surface area (Å²) in [6.45, 7) is 2.90. The molecule has 0 fully saturated rings. The van der Waals surface area contributed by atoms with E-state index >= 15 is 0 Å². The molecule has 2 aromatic rings. The van der Waals surface area contributed by atoms with E-state index in [-0.39, 0.29) is 0 Å². The van der Waals surface area contributed by atoms with Gasteiger partial charge in [0.2, 0.25) is 0 Å². The summed E-state index contributed by atoms with van der Waals surface area (Å²) in [5.74, 6) is 0.00329. The first-order chi connectivity index (χ1) is 10.2. The Morgan fingerprint density at radius 3 is 2.10 bits per heavy atom. The number of aromatic carboxylic acids is 1. The molecular formula is C18H20O3. The minimum absolute atomic E-state index is 0.318. The number of hydrogen-bond donors (Lipinski definition) is 1. The van der Waals surface area contributed by atoms with Gasteiger partial charge in [0.05, 0.1) is 12.2 Å². The topological polar surface area (TPSA) is 46.5 Å². The van der Waals surface area contributed by atoms with E-state index in [2.05, 4.69) is 6.92 Å². The molecule has 0 bridgehead atoms. The minimum Gasteiger partial charge on any atom is -0.494 e. The predicted molar refractivity (Wildman–Crippen MR) is 83.1 cm³/mol. The van der Waals surface area contributed by atoms with Gasteiger partial charge in [0.15, 0.2) is 0 Å². The third-order valence-electron chi connectivity index (χ3n) is 3.30. The third kappa shape index (κ3) is 4.63. The third-order valence-corrected chi connectivity index (χ3v) is 3.30. The lowest BCUT2D eigenvalue weighted by molar-refractivity contribution is 0.0697. The van der Waals surface area contributed by atoms with Crippen molar-refractivity contribution in [1.82, 2.24) is 0 Å². The van der Waals surface area contributed by atoms with Crippen molar-refractivity contribution in [2.45, 2.75) is 26.2 Å². The molecule has 0 aromatic heterocycles. The predicted octanol–water partition coefficient (Wildman–Crippen LogP) is 4.15. The molecule has 21 heavy (non-hydrogen) atoms. The normalized spacial score (nSPS) is 10.3. The maximum absolute atomic E-state index is 10.8. The van der Waals surface area contributed by atoms with Crippen LogP contribution in [0, 0.1) is 0 Å². The maximum atomic E-state index is 10.8. The van der Waals surface area contributed by atoms with Gasteiger partial charge >= 0.3 is 5.97 Å². The van der Waals surface area contributed by atoms with E-state index in [0.717, 1.165) is 37.2 Å². The summed E-state index contributed by atoms with van der Waals surface area (Å²) in [4.78, 5) is 10.8. The molecule has 0 aliphatic heterocycles. The fourth-order valence-corrected chi connectivity index (χ4v) is 2.04. The molecule has 3 nitrogen and oxygen atoms in total. The Morgan fingerprint density at radius 1 is 1.00 bits per heavy atom. The van der Waals surface area contributed by atoms with Crippen LogP contribution in [0.25, 0.3) is 0 Å². The first kappa shape index (κ1) is 15.1. The van der Waals surface area contributed by atoms with E-state index in [1.54, 1.807) is 12.1 Å². The number of ether oxygens (including phenoxy) is 1. The van der Waals surface area contributed by atoms with Crippen molar-refractivity contribution in [3.8, 4) is 5.75 Å². The van der Waals surface area contributed by atoms with Crippen molar-refractivity contribution in [1.29, 1.82) is 0 Å². The van der Waals surface area contributed by atoms with E-state index in [1.807, 2.05) is 36.4 Å². The fraction of sp³-hybridized carbons (Fsp3) is 0.278. The van der Waals surface area contributed by atoms with E-state index in [4.69, 9.17) is 9.84 Å². The van der Waals surface area contributed by atoms with Crippen molar-refractivity contribution in [2.24, 2.45) is 0 Å². The largest absolute Gasteiger partial charge is 0.494 e. The van der Waals surface area contributed by atoms with Gasteiger partial charge in [-0.25, -0.2) is 4.79 Å². The van der Waals surface area contributed by atoms with Crippen molar-refractivity contribution >= 4 is 5.97 Å². The lowest BCUT2D eigenvalue weighted by Crippen LogP contribution is -1.97. The average molecular weight is 284 g/mol. The second-order valence-corrected chi connectivity index (χ2v) is 5.02. The monoisotopic (exact) mass is 284 g/mol. The van der Waals surface area contributed by atoms with Crippen molar-refractivity contribution in [2.75, 3.05) is 6.61 Å². The second kappa shape index (κ2) is 7.48. The Balaban J connectivity index is 1.94. The molecule has 3 heteroatoms. The number of rotatable bonds is 7. The summed E-state index contributed by atoms with van der Waals surface area (Å²) in [5, 5.41) is 8.87. The smallest absolute Gasteiger partial charge is 0.335 e. The molecular weight excluding hydrogens is 264 g/mol. The minimum atomic E-state index is -0.893. The molecule has 0 heterocycles. The van der Waals surface area contributed by atoms with Crippen LogP contribution < -0.4 is 4.74 Å². The highest BCUT2D eigenvalue weighted by molar-refractivity contribution is 5.87. The summed E-state index contributed by atoms with van der Waals surface area (Å²) < 4.78 is 5.63. The molecule has 0 radical (unpaired) electrons. The SMILES string of the molecule is CCCCOc1ccc(Cc2ccc(C(=O)O)cc2)cc1. The summed E-state index contributed by atoms with van der Waals surface area (Å²) >= 11 is 0. The van der Waals surface area contributed by atoms with Crippen LogP contribution in [0.2, 0.25) is 0 Å². The quantitative estimate of drug-likeness (QED) is 0.777. The van der Waals surface area contributed by atoms with E-state index in [1.165, 1.54) is 5.56 Å². The van der Waals surface area contributed by atoms with Gasteiger partial charge in [-0.3, -0.25) is 0 Å². The van der Waals surface area contributed by atoms with Gasteiger partial charge in [-0.05, 0) is 48.2 Å². The van der Waals surface area contributed by atoms with Crippen LogP contribution in [0.1, 0.15) is 41.3 Å². The van der Waals surface area contributed by atoms with Gasteiger partial charge in [0.1, 0.15) is 5.75 Å². The Hall–Kier alpha value is -2.29. The van der Waals surface area contributed by atoms with E-state index < -0.39 is 5.97 Å². The van der Waals surface area contributed by atoms with Crippen molar-refractivity contribution < 1.29 is 14.6 Å². The van der Waals surface area contributed by atoms with Crippen LogP contribution in [-0.2, 0) is 6.42 Å². The molecule has 2 aromatic carbocycles. The zero-order valence-electron chi connectivity index (χ0n) is 12.2. The lowest BCUT2D eigenvalue weighted by Gasteiger charge is -2.07. The van der Waals surface area contributed by atoms with Crippen LogP contribution in [0.5, 0.6) is 5.75 Å². The zero-order chi connectivity index (χ0) is 15.1. The molecule has 0 spiro atoms. The molecule has 0 saturated heterocycles. The molecule has 0 aliphatic rings. The molecule has 1 N–H and O–H groups in total. The first-order valence-corrected chi connectivity index (χ1v) is 7.23. The van der Waals surface area contributed by atoms with Gasteiger partial charge in [-0.2, -0.15) is 0 Å². The summed E-state index contributed by atoms with van der Waals surface area (Å²) in [7, 11) is 0. The Kier molecular flexibility index (Phi) is 5.38. The summed E-state index contributed by atoms with van der Waals surface area (Å²) in [6, 6.07) is 15.1. The van der Waals surface area contributed by atoms with Crippen molar-refractivity contribution in [3.63, 3.8) is 0 Å². The standard InChI is InChI=1S/C18H20O3/c1-2-3-12-21-17-10-6-15(7-11-17)13-14-4-8-16(9-5-14)18(19)20/h4-11H,2-3,12-13H2,1H3,(H,19,20). The number of carbonyl (C=O) groups is 1. The maximum Gasteiger partial charge on any atom is 0.335 e. The Bertz CT molecular complexity index is 570. The van der Waals surface area contributed by atoms with E-state index in [9.17, 15) is 4.79 Å². The molecule has 0 unspecified atom stereocenters. The molecule has 0 amide bonds. The number of unbranched alkanes of at least 4 members (excludes halogenated alkanes) is 1. The highest BCUT2D eigenvalue weighted by Gasteiger charge is 2.02. The van der Waals surface area contributed by atoms with Gasteiger partial charge in [-0.15, -0.1) is 0 Å². The van der Waals surface area contributed by atoms with Gasteiger partial charge in [0, 0.05) is 0 Å².